The van der Waals surface area contributed by atoms with Crippen molar-refractivity contribution in [3.8, 4) is 0 Å². The number of hydrogen-bond acceptors (Lipinski definition) is 1. The van der Waals surface area contributed by atoms with E-state index in [2.05, 4.69) is 11.3 Å². The summed E-state index contributed by atoms with van der Waals surface area (Å²) in [7, 11) is 0.827. The van der Waals surface area contributed by atoms with Crippen LogP contribution < -0.4 is 0 Å². The van der Waals surface area contributed by atoms with Crippen molar-refractivity contribution < 1.29 is 4.43 Å². The number of hydrogen-bond donors (Lipinski definition) is 0. The molecule has 1 nitrogen and oxygen atoms in total. The van der Waals surface area contributed by atoms with Crippen molar-refractivity contribution in [1.82, 2.24) is 0 Å². The molecule has 4 heavy (non-hydrogen) atoms. The van der Waals surface area contributed by atoms with E-state index in [9.17, 15) is 0 Å². The van der Waals surface area contributed by atoms with E-state index >= 15 is 0 Å². The molecule has 0 aromatic carbocycles. The van der Waals surface area contributed by atoms with Gasteiger partial charge in [0, 0.05) is 6.61 Å². The lowest BCUT2D eigenvalue weighted by Crippen LogP contribution is -1.77. The first-order valence-electron chi connectivity index (χ1n) is 1.20. The summed E-state index contributed by atoms with van der Waals surface area (Å²) in [6, 6.07) is 0. The fourth-order valence-corrected chi connectivity index (χ4v) is 0. The van der Waals surface area contributed by atoms with Gasteiger partial charge in [-0.1, -0.05) is 0 Å². The van der Waals surface area contributed by atoms with Crippen LogP contribution in [0.1, 0.15) is 0 Å². The van der Waals surface area contributed by atoms with Crippen LogP contribution in [-0.4, -0.2) is 17.1 Å². The predicted octanol–water partition coefficient (Wildman–Crippen LogP) is -0.883. The maximum absolute atomic E-state index is 4.57. The highest BCUT2D eigenvalue weighted by molar-refractivity contribution is 5.97. The van der Waals surface area contributed by atoms with Crippen LogP contribution in [0, 0.1) is 6.92 Å². The topological polar surface area (TPSA) is 9.23 Å². The average Bonchev–Trinajstić information content (AvgIpc) is 1.37. The molecule has 25 valence electrons. The molecule has 0 saturated carbocycles. The van der Waals surface area contributed by atoms with E-state index in [0.717, 1.165) is 10.5 Å². The third-order valence-corrected chi connectivity index (χ3v) is 0.612. The Balaban J connectivity index is 1.97. The fraction of sp³-hybridized carbons (Fsp3) is 0.500. The van der Waals surface area contributed by atoms with Crippen molar-refractivity contribution in [3.05, 3.63) is 6.92 Å². The Morgan fingerprint density at radius 2 is 2.25 bits per heavy atom. The lowest BCUT2D eigenvalue weighted by molar-refractivity contribution is 0.399. The van der Waals surface area contributed by atoms with E-state index in [0.29, 0.717) is 6.61 Å². The molecule has 0 aliphatic rings. The smallest absolute Gasteiger partial charge is 0.145 e. The second kappa shape index (κ2) is 3.18. The van der Waals surface area contributed by atoms with Gasteiger partial charge in [0.15, 0.2) is 0 Å². The largest absolute Gasteiger partial charge is 0.428 e. The summed E-state index contributed by atoms with van der Waals surface area (Å²) in [5, 5.41) is 0. The maximum atomic E-state index is 4.57. The minimum Gasteiger partial charge on any atom is -0.428 e. The quantitative estimate of drug-likeness (QED) is 0.368. The van der Waals surface area contributed by atoms with E-state index in [1.165, 1.54) is 0 Å². The lowest BCUT2D eigenvalue weighted by atomic mass is 10.9. The van der Waals surface area contributed by atoms with Gasteiger partial charge >= 0.3 is 0 Å². The van der Waals surface area contributed by atoms with Crippen molar-refractivity contribution in [3.63, 3.8) is 0 Å². The monoisotopic (exact) mass is 75.0 g/mol. The second-order valence-corrected chi connectivity index (χ2v) is 1.07. The molecule has 0 aliphatic heterocycles. The number of rotatable bonds is 1. The summed E-state index contributed by atoms with van der Waals surface area (Å²) in [6.07, 6.45) is 0. The summed E-state index contributed by atoms with van der Waals surface area (Å²) in [4.78, 5) is 0. The molecule has 0 saturated heterocycles. The molecule has 0 unspecified atom stereocenters. The highest BCUT2D eigenvalue weighted by Gasteiger charge is 1.51. The van der Waals surface area contributed by atoms with Crippen molar-refractivity contribution in [1.29, 1.82) is 0 Å². The average molecular weight is 75.2 g/mol. The molecular formula is C2H7OSi. The van der Waals surface area contributed by atoms with Crippen molar-refractivity contribution >= 4 is 10.5 Å². The first kappa shape index (κ1) is 4.18. The minimum absolute atomic E-state index is 0.631. The molecule has 0 aromatic heterocycles. The highest BCUT2D eigenvalue weighted by atomic mass is 28.2. The van der Waals surface area contributed by atoms with Gasteiger partial charge in [0.25, 0.3) is 0 Å². The highest BCUT2D eigenvalue weighted by Crippen LogP contribution is 1.49. The van der Waals surface area contributed by atoms with Crippen LogP contribution >= 0.6 is 0 Å². The molecule has 0 amide bonds. The lowest BCUT2D eigenvalue weighted by Gasteiger charge is -1.77. The maximum Gasteiger partial charge on any atom is 0.145 e. The van der Waals surface area contributed by atoms with Crippen LogP contribution in [-0.2, 0) is 4.43 Å². The molecule has 0 aliphatic carbocycles. The third kappa shape index (κ3) is 2.18. The van der Waals surface area contributed by atoms with E-state index in [-0.39, 0.29) is 0 Å². The summed E-state index contributed by atoms with van der Waals surface area (Å²) >= 11 is 0. The molecule has 0 fully saturated rings. The molecule has 0 heterocycles. The summed E-state index contributed by atoms with van der Waals surface area (Å²) in [6.45, 7) is 4.05. The van der Waals surface area contributed by atoms with Crippen LogP contribution in [0.5, 0.6) is 0 Å². The van der Waals surface area contributed by atoms with Gasteiger partial charge in [-0.15, -0.1) is 0 Å². The molecule has 0 atom stereocenters. The molecule has 0 rings (SSSR count). The van der Waals surface area contributed by atoms with E-state index in [4.69, 9.17) is 0 Å². The molecule has 0 bridgehead atoms. The van der Waals surface area contributed by atoms with Gasteiger partial charge in [0.05, 0.1) is 0 Å². The van der Waals surface area contributed by atoms with Crippen LogP contribution in [0.2, 0.25) is 0 Å². The van der Waals surface area contributed by atoms with Gasteiger partial charge in [-0.3, -0.25) is 0 Å². The molecule has 1 radical (unpaired) electrons. The molecule has 0 spiro atoms. The van der Waals surface area contributed by atoms with Crippen molar-refractivity contribution in [2.24, 2.45) is 0 Å². The molecular weight excluding hydrogens is 68.1 g/mol. The zero-order chi connectivity index (χ0) is 3.41. The Bertz CT molecular complexity index is 8.00. The molecule has 0 N–H and O–H groups in total. The van der Waals surface area contributed by atoms with Crippen LogP contribution in [0.4, 0.5) is 0 Å². The normalized spacial score (nSPS) is 8.25. The van der Waals surface area contributed by atoms with Gasteiger partial charge in [-0.2, -0.15) is 0 Å². The first-order chi connectivity index (χ1) is 1.91. The van der Waals surface area contributed by atoms with Crippen molar-refractivity contribution in [2.75, 3.05) is 6.61 Å². The predicted molar refractivity (Wildman–Crippen MR) is 21.2 cm³/mol. The standard InChI is InChI=1S/C2H7OSi/c1-2-3-4/h1-2H2,4H3. The third-order valence-electron chi connectivity index (χ3n) is 0.204. The fourth-order valence-electron chi connectivity index (χ4n) is 0. The van der Waals surface area contributed by atoms with E-state index in [1.807, 2.05) is 0 Å². The van der Waals surface area contributed by atoms with Crippen molar-refractivity contribution in [2.45, 2.75) is 0 Å². The van der Waals surface area contributed by atoms with Gasteiger partial charge in [-0.25, -0.2) is 0 Å². The zero-order valence-corrected chi connectivity index (χ0v) is 4.82. The van der Waals surface area contributed by atoms with E-state index in [1.54, 1.807) is 0 Å². The summed E-state index contributed by atoms with van der Waals surface area (Å²) in [5.41, 5.74) is 0. The first-order valence-corrected chi connectivity index (χ1v) is 2.01. The summed E-state index contributed by atoms with van der Waals surface area (Å²) < 4.78 is 4.57. The van der Waals surface area contributed by atoms with Crippen LogP contribution in [0.25, 0.3) is 0 Å². The SMILES string of the molecule is [CH2]CO[SiH3]. The van der Waals surface area contributed by atoms with Gasteiger partial charge in [0.2, 0.25) is 0 Å². The molecule has 0 aromatic rings. The minimum atomic E-state index is 0.631. The van der Waals surface area contributed by atoms with Gasteiger partial charge in [-0.05, 0) is 6.92 Å². The Kier molecular flexibility index (Phi) is 3.32. The Hall–Kier alpha value is 0.177. The second-order valence-electron chi connectivity index (χ2n) is 0.493. The Morgan fingerprint density at radius 3 is 2.25 bits per heavy atom. The Morgan fingerprint density at radius 1 is 2.00 bits per heavy atom. The Labute approximate surface area is 29.5 Å². The van der Waals surface area contributed by atoms with Gasteiger partial charge in [0.1, 0.15) is 10.5 Å². The van der Waals surface area contributed by atoms with Crippen LogP contribution in [0.15, 0.2) is 0 Å². The van der Waals surface area contributed by atoms with Gasteiger partial charge < -0.3 is 4.43 Å². The molecule has 2 heteroatoms. The summed E-state index contributed by atoms with van der Waals surface area (Å²) in [5.74, 6) is 0. The van der Waals surface area contributed by atoms with Crippen LogP contribution in [0.3, 0.4) is 0 Å². The zero-order valence-electron chi connectivity index (χ0n) is 2.82. The van der Waals surface area contributed by atoms with E-state index < -0.39 is 0 Å².